The van der Waals surface area contributed by atoms with Crippen LogP contribution in [0.4, 0.5) is 0 Å². The summed E-state index contributed by atoms with van der Waals surface area (Å²) in [6.45, 7) is 2.77. The smallest absolute Gasteiger partial charge is 0.191 e. The monoisotopic (exact) mass is 373 g/mol. The molecule has 0 aliphatic heterocycles. The first-order valence-corrected chi connectivity index (χ1v) is 9.21. The fourth-order valence-corrected chi connectivity index (χ4v) is 3.24. The SMILES string of the molecule is CN=C(NCc1cnn(-c2ccc(Cl)cc2)c1)NC(C)c1cccs1. The van der Waals surface area contributed by atoms with Gasteiger partial charge in [-0.25, -0.2) is 4.68 Å². The first kappa shape index (κ1) is 17.5. The van der Waals surface area contributed by atoms with Crippen molar-refractivity contribution in [2.75, 3.05) is 7.05 Å². The van der Waals surface area contributed by atoms with Gasteiger partial charge in [0, 0.05) is 35.3 Å². The molecule has 0 fully saturated rings. The van der Waals surface area contributed by atoms with Gasteiger partial charge in [-0.05, 0) is 42.6 Å². The average molecular weight is 374 g/mol. The molecule has 2 heterocycles. The summed E-state index contributed by atoms with van der Waals surface area (Å²) in [5.74, 6) is 0.764. The third-order valence-corrected chi connectivity index (χ3v) is 5.04. The van der Waals surface area contributed by atoms with E-state index in [1.165, 1.54) is 4.88 Å². The number of nitrogens with zero attached hydrogens (tertiary/aromatic N) is 3. The lowest BCUT2D eigenvalue weighted by Crippen LogP contribution is -2.38. The molecule has 2 aromatic heterocycles. The Morgan fingerprint density at radius 3 is 2.80 bits per heavy atom. The first-order chi connectivity index (χ1) is 12.2. The van der Waals surface area contributed by atoms with Gasteiger partial charge in [-0.15, -0.1) is 11.3 Å². The number of hydrogen-bond acceptors (Lipinski definition) is 3. The van der Waals surface area contributed by atoms with Gasteiger partial charge in [0.05, 0.1) is 17.9 Å². The zero-order chi connectivity index (χ0) is 17.6. The van der Waals surface area contributed by atoms with E-state index in [2.05, 4.69) is 45.2 Å². The molecular weight excluding hydrogens is 354 g/mol. The highest BCUT2D eigenvalue weighted by molar-refractivity contribution is 7.10. The Balaban J connectivity index is 1.58. The van der Waals surface area contributed by atoms with Crippen molar-refractivity contribution >= 4 is 28.9 Å². The standard InChI is InChI=1S/C18H20ClN5S/c1-13(17-4-3-9-25-17)23-18(20-2)21-10-14-11-22-24(12-14)16-7-5-15(19)6-8-16/h3-9,11-13H,10H2,1-2H3,(H2,20,21,23). The van der Waals surface area contributed by atoms with Gasteiger partial charge in [0.2, 0.25) is 0 Å². The molecule has 130 valence electrons. The molecule has 3 rings (SSSR count). The second kappa shape index (κ2) is 8.18. The van der Waals surface area contributed by atoms with Crippen LogP contribution in [0.5, 0.6) is 0 Å². The van der Waals surface area contributed by atoms with Crippen molar-refractivity contribution in [1.29, 1.82) is 0 Å². The van der Waals surface area contributed by atoms with Crippen LogP contribution in [-0.2, 0) is 6.54 Å². The number of benzene rings is 1. The third kappa shape index (κ3) is 4.61. The quantitative estimate of drug-likeness (QED) is 0.524. The predicted octanol–water partition coefficient (Wildman–Crippen LogP) is 4.01. The molecule has 0 spiro atoms. The van der Waals surface area contributed by atoms with Gasteiger partial charge in [0.1, 0.15) is 0 Å². The number of hydrogen-bond donors (Lipinski definition) is 2. The fraction of sp³-hybridized carbons (Fsp3) is 0.222. The Labute approximate surface area is 156 Å². The van der Waals surface area contributed by atoms with Gasteiger partial charge < -0.3 is 10.6 Å². The van der Waals surface area contributed by atoms with Gasteiger partial charge in [0.25, 0.3) is 0 Å². The minimum absolute atomic E-state index is 0.211. The van der Waals surface area contributed by atoms with Crippen LogP contribution in [0.3, 0.4) is 0 Å². The summed E-state index contributed by atoms with van der Waals surface area (Å²) in [7, 11) is 1.77. The Kier molecular flexibility index (Phi) is 5.73. The van der Waals surface area contributed by atoms with Crippen LogP contribution in [0.15, 0.2) is 59.2 Å². The topological polar surface area (TPSA) is 54.2 Å². The number of aliphatic imine (C=N–C) groups is 1. The van der Waals surface area contributed by atoms with Gasteiger partial charge in [-0.2, -0.15) is 5.10 Å². The predicted molar refractivity (Wildman–Crippen MR) is 105 cm³/mol. The van der Waals surface area contributed by atoms with E-state index in [0.29, 0.717) is 11.6 Å². The largest absolute Gasteiger partial charge is 0.352 e. The summed E-state index contributed by atoms with van der Waals surface area (Å²) in [6, 6.07) is 12.0. The molecule has 2 N–H and O–H groups in total. The highest BCUT2D eigenvalue weighted by Gasteiger charge is 2.09. The molecular formula is C18H20ClN5S. The minimum atomic E-state index is 0.211. The molecule has 0 amide bonds. The van der Waals surface area contributed by atoms with Crippen molar-refractivity contribution in [1.82, 2.24) is 20.4 Å². The second-order valence-corrected chi connectivity index (χ2v) is 6.99. The normalized spacial score (nSPS) is 12.8. The molecule has 3 aromatic rings. The lowest BCUT2D eigenvalue weighted by Gasteiger charge is -2.16. The molecule has 7 heteroatoms. The zero-order valence-electron chi connectivity index (χ0n) is 14.1. The van der Waals surface area contributed by atoms with Crippen LogP contribution in [0.2, 0.25) is 5.02 Å². The van der Waals surface area contributed by atoms with Crippen LogP contribution < -0.4 is 10.6 Å². The Bertz CT molecular complexity index is 824. The van der Waals surface area contributed by atoms with Crippen molar-refractivity contribution in [3.63, 3.8) is 0 Å². The number of rotatable bonds is 5. The fourth-order valence-electron chi connectivity index (χ4n) is 2.38. The Morgan fingerprint density at radius 2 is 2.12 bits per heavy atom. The van der Waals surface area contributed by atoms with Crippen molar-refractivity contribution in [2.45, 2.75) is 19.5 Å². The highest BCUT2D eigenvalue weighted by Crippen LogP contribution is 2.18. The van der Waals surface area contributed by atoms with Crippen molar-refractivity contribution in [3.8, 4) is 5.69 Å². The van der Waals surface area contributed by atoms with E-state index in [0.717, 1.165) is 17.2 Å². The van der Waals surface area contributed by atoms with E-state index in [4.69, 9.17) is 11.6 Å². The summed E-state index contributed by atoms with van der Waals surface area (Å²) in [6.07, 6.45) is 3.84. The molecule has 5 nitrogen and oxygen atoms in total. The van der Waals surface area contributed by atoms with E-state index < -0.39 is 0 Å². The lowest BCUT2D eigenvalue weighted by molar-refractivity contribution is 0.696. The summed E-state index contributed by atoms with van der Waals surface area (Å²) >= 11 is 7.66. The molecule has 0 radical (unpaired) electrons. The third-order valence-electron chi connectivity index (χ3n) is 3.73. The summed E-state index contributed by atoms with van der Waals surface area (Å²) in [5, 5.41) is 13.9. The number of halogens is 1. The minimum Gasteiger partial charge on any atom is -0.352 e. The lowest BCUT2D eigenvalue weighted by atomic mass is 10.3. The summed E-state index contributed by atoms with van der Waals surface area (Å²) in [4.78, 5) is 5.56. The maximum atomic E-state index is 5.92. The molecule has 1 unspecified atom stereocenters. The maximum Gasteiger partial charge on any atom is 0.191 e. The van der Waals surface area contributed by atoms with Gasteiger partial charge in [-0.3, -0.25) is 4.99 Å². The number of nitrogens with one attached hydrogen (secondary N) is 2. The molecule has 0 saturated heterocycles. The maximum absolute atomic E-state index is 5.92. The molecule has 0 aliphatic carbocycles. The zero-order valence-corrected chi connectivity index (χ0v) is 15.7. The van der Waals surface area contributed by atoms with E-state index >= 15 is 0 Å². The van der Waals surface area contributed by atoms with Crippen LogP contribution in [0, 0.1) is 0 Å². The van der Waals surface area contributed by atoms with E-state index in [1.54, 1.807) is 18.4 Å². The molecule has 0 bridgehead atoms. The van der Waals surface area contributed by atoms with Crippen LogP contribution >= 0.6 is 22.9 Å². The van der Waals surface area contributed by atoms with Crippen molar-refractivity contribution in [2.24, 2.45) is 4.99 Å². The second-order valence-electron chi connectivity index (χ2n) is 5.58. The molecule has 1 atom stereocenters. The van der Waals surface area contributed by atoms with Crippen molar-refractivity contribution < 1.29 is 0 Å². The molecule has 1 aromatic carbocycles. The molecule has 25 heavy (non-hydrogen) atoms. The van der Waals surface area contributed by atoms with Gasteiger partial charge >= 0.3 is 0 Å². The highest BCUT2D eigenvalue weighted by atomic mass is 35.5. The molecule has 0 saturated carbocycles. The first-order valence-electron chi connectivity index (χ1n) is 7.96. The van der Waals surface area contributed by atoms with E-state index in [9.17, 15) is 0 Å². The number of guanidine groups is 1. The average Bonchev–Trinajstić information content (AvgIpc) is 3.31. The van der Waals surface area contributed by atoms with Crippen molar-refractivity contribution in [3.05, 3.63) is 69.6 Å². The molecule has 0 aliphatic rings. The van der Waals surface area contributed by atoms with Crippen LogP contribution in [0.1, 0.15) is 23.4 Å². The van der Waals surface area contributed by atoms with E-state index in [1.807, 2.05) is 41.3 Å². The van der Waals surface area contributed by atoms with Gasteiger partial charge in [0.15, 0.2) is 5.96 Å². The van der Waals surface area contributed by atoms with Crippen LogP contribution in [-0.4, -0.2) is 22.8 Å². The summed E-state index contributed by atoms with van der Waals surface area (Å²) in [5.41, 5.74) is 2.05. The number of aromatic nitrogens is 2. The van der Waals surface area contributed by atoms with Crippen LogP contribution in [0.25, 0.3) is 5.69 Å². The van der Waals surface area contributed by atoms with E-state index in [-0.39, 0.29) is 6.04 Å². The van der Waals surface area contributed by atoms with Gasteiger partial charge in [-0.1, -0.05) is 17.7 Å². The summed E-state index contributed by atoms with van der Waals surface area (Å²) < 4.78 is 1.83. The Morgan fingerprint density at radius 1 is 1.32 bits per heavy atom. The Hall–Kier alpha value is -2.31. The number of thiophene rings is 1.